The van der Waals surface area contributed by atoms with Crippen molar-refractivity contribution in [1.82, 2.24) is 24.3 Å². The second-order valence-electron chi connectivity index (χ2n) is 9.84. The molecular weight excluding hydrogens is 490 g/mol. The van der Waals surface area contributed by atoms with Crippen molar-refractivity contribution in [3.63, 3.8) is 0 Å². The van der Waals surface area contributed by atoms with Crippen LogP contribution in [0.15, 0.2) is 49.1 Å². The van der Waals surface area contributed by atoms with Crippen molar-refractivity contribution >= 4 is 40.5 Å². The minimum Gasteiger partial charge on any atom is -0.390 e. The average Bonchev–Trinajstić information content (AvgIpc) is 3.26. The van der Waals surface area contributed by atoms with Crippen molar-refractivity contribution in [2.75, 3.05) is 28.6 Å². The standard InChI is InChI=1S/C26H28ClN9O/c1-26(2,37)11-20-16-36-15-19(4-6-23(36)31-20)33-25-30-14-21(27)24(34-25)32-18-7-9-35(10-8-18)22-5-3-17(12-28)13-29-22/h3-6,13-16,18,37H,7-11H2,1-2H3,(H2,30,32,33,34). The Labute approximate surface area is 220 Å². The van der Waals surface area contributed by atoms with E-state index in [2.05, 4.69) is 41.5 Å². The first-order valence-corrected chi connectivity index (χ1v) is 12.5. The Morgan fingerprint density at radius 2 is 1.92 bits per heavy atom. The largest absolute Gasteiger partial charge is 0.390 e. The van der Waals surface area contributed by atoms with E-state index in [0.717, 1.165) is 48.8 Å². The maximum absolute atomic E-state index is 10.1. The van der Waals surface area contributed by atoms with Crippen LogP contribution >= 0.6 is 11.6 Å². The molecule has 4 aromatic rings. The van der Waals surface area contributed by atoms with Crippen molar-refractivity contribution in [2.24, 2.45) is 0 Å². The molecule has 1 saturated heterocycles. The molecule has 1 aliphatic rings. The fourth-order valence-corrected chi connectivity index (χ4v) is 4.54. The fourth-order valence-electron chi connectivity index (χ4n) is 4.39. The van der Waals surface area contributed by atoms with Crippen LogP contribution in [-0.2, 0) is 6.42 Å². The lowest BCUT2D eigenvalue weighted by atomic mass is 10.0. The number of imidazole rings is 1. The topological polar surface area (TPSA) is 127 Å². The van der Waals surface area contributed by atoms with E-state index in [0.29, 0.717) is 28.8 Å². The Morgan fingerprint density at radius 3 is 2.62 bits per heavy atom. The summed E-state index contributed by atoms with van der Waals surface area (Å²) < 4.78 is 1.91. The molecule has 3 N–H and O–H groups in total. The summed E-state index contributed by atoms with van der Waals surface area (Å²) in [5, 5.41) is 26.2. The molecule has 1 aliphatic heterocycles. The van der Waals surface area contributed by atoms with E-state index < -0.39 is 5.60 Å². The Kier molecular flexibility index (Phi) is 6.82. The molecule has 0 amide bonds. The molecule has 0 unspecified atom stereocenters. The van der Waals surface area contributed by atoms with Crippen LogP contribution in [0.4, 0.5) is 23.3 Å². The van der Waals surface area contributed by atoms with Gasteiger partial charge in [0.1, 0.15) is 22.6 Å². The molecule has 0 aromatic carbocycles. The number of rotatable bonds is 7. The lowest BCUT2D eigenvalue weighted by Crippen LogP contribution is -2.39. The molecule has 10 nitrogen and oxygen atoms in total. The zero-order valence-electron chi connectivity index (χ0n) is 20.7. The van der Waals surface area contributed by atoms with Crippen molar-refractivity contribution in [2.45, 2.75) is 44.8 Å². The number of nitrogens with zero attached hydrogens (tertiary/aromatic N) is 7. The molecule has 0 radical (unpaired) electrons. The Morgan fingerprint density at radius 1 is 1.11 bits per heavy atom. The van der Waals surface area contributed by atoms with Crippen LogP contribution in [0.2, 0.25) is 5.02 Å². The third-order valence-electron chi connectivity index (χ3n) is 6.15. The van der Waals surface area contributed by atoms with Gasteiger partial charge in [-0.2, -0.15) is 10.2 Å². The van der Waals surface area contributed by atoms with Gasteiger partial charge in [-0.15, -0.1) is 0 Å². The smallest absolute Gasteiger partial charge is 0.229 e. The summed E-state index contributed by atoms with van der Waals surface area (Å²) in [6.07, 6.45) is 9.28. The lowest BCUT2D eigenvalue weighted by Gasteiger charge is -2.33. The Bertz CT molecular complexity index is 1430. The van der Waals surface area contributed by atoms with Crippen molar-refractivity contribution in [3.8, 4) is 6.07 Å². The highest BCUT2D eigenvalue weighted by Crippen LogP contribution is 2.26. The number of fused-ring (bicyclic) bond motifs is 1. The SMILES string of the molecule is CC(C)(O)Cc1cn2cc(Nc3ncc(Cl)c(NC4CCN(c5ccc(C#N)cn5)CC4)n3)ccc2n1. The number of piperidine rings is 1. The minimum atomic E-state index is -0.823. The number of pyridine rings is 2. The summed E-state index contributed by atoms with van der Waals surface area (Å²) in [6, 6.07) is 9.81. The predicted octanol–water partition coefficient (Wildman–Crippen LogP) is 4.18. The maximum Gasteiger partial charge on any atom is 0.229 e. The quantitative estimate of drug-likeness (QED) is 0.330. The van der Waals surface area contributed by atoms with Crippen LogP contribution in [0.25, 0.3) is 5.65 Å². The van der Waals surface area contributed by atoms with Gasteiger partial charge < -0.3 is 25.0 Å². The molecule has 0 aliphatic carbocycles. The number of aromatic nitrogens is 5. The summed E-state index contributed by atoms with van der Waals surface area (Å²) in [7, 11) is 0. The highest BCUT2D eigenvalue weighted by atomic mass is 35.5. The number of halogens is 1. The second-order valence-corrected chi connectivity index (χ2v) is 10.2. The third kappa shape index (κ3) is 6.07. The molecule has 4 aromatic heterocycles. The third-order valence-corrected chi connectivity index (χ3v) is 6.43. The van der Waals surface area contributed by atoms with Gasteiger partial charge in [0, 0.05) is 44.1 Å². The Hall–Kier alpha value is -3.94. The molecule has 190 valence electrons. The zero-order chi connectivity index (χ0) is 26.0. The summed E-state index contributed by atoms with van der Waals surface area (Å²) in [6.45, 7) is 5.21. The van der Waals surface area contributed by atoms with E-state index in [1.165, 1.54) is 0 Å². The van der Waals surface area contributed by atoms with Crippen molar-refractivity contribution in [3.05, 3.63) is 65.3 Å². The van der Waals surface area contributed by atoms with Gasteiger partial charge in [-0.3, -0.25) is 0 Å². The molecule has 5 heterocycles. The Balaban J connectivity index is 1.22. The lowest BCUT2D eigenvalue weighted by molar-refractivity contribution is 0.0801. The van der Waals surface area contributed by atoms with Crippen molar-refractivity contribution < 1.29 is 5.11 Å². The number of hydrogen-bond donors (Lipinski definition) is 3. The van der Waals surface area contributed by atoms with Gasteiger partial charge in [0.25, 0.3) is 0 Å². The molecule has 11 heteroatoms. The first kappa shape index (κ1) is 24.7. The number of nitriles is 1. The molecule has 5 rings (SSSR count). The number of aliphatic hydroxyl groups is 1. The molecular formula is C26H28ClN9O. The van der Waals surface area contributed by atoms with E-state index in [4.69, 9.17) is 16.9 Å². The van der Waals surface area contributed by atoms with E-state index in [-0.39, 0.29) is 6.04 Å². The molecule has 0 saturated carbocycles. The average molecular weight is 518 g/mol. The van der Waals surface area contributed by atoms with Crippen LogP contribution in [0.3, 0.4) is 0 Å². The number of hydrogen-bond acceptors (Lipinski definition) is 9. The highest BCUT2D eigenvalue weighted by molar-refractivity contribution is 6.32. The highest BCUT2D eigenvalue weighted by Gasteiger charge is 2.22. The van der Waals surface area contributed by atoms with Gasteiger partial charge in [0.15, 0.2) is 5.82 Å². The second kappa shape index (κ2) is 10.2. The molecule has 0 atom stereocenters. The van der Waals surface area contributed by atoms with Gasteiger partial charge in [0.2, 0.25) is 5.95 Å². The first-order valence-electron chi connectivity index (χ1n) is 12.1. The van der Waals surface area contributed by atoms with Gasteiger partial charge >= 0.3 is 0 Å². The molecule has 1 fully saturated rings. The first-order chi connectivity index (χ1) is 17.8. The van der Waals surface area contributed by atoms with Gasteiger partial charge in [-0.25, -0.2) is 15.0 Å². The zero-order valence-corrected chi connectivity index (χ0v) is 21.4. The summed E-state index contributed by atoms with van der Waals surface area (Å²) in [4.78, 5) is 20.1. The van der Waals surface area contributed by atoms with Gasteiger partial charge in [0.05, 0.1) is 28.7 Å². The van der Waals surface area contributed by atoms with Crippen molar-refractivity contribution in [1.29, 1.82) is 5.26 Å². The normalized spacial score (nSPS) is 14.5. The summed E-state index contributed by atoms with van der Waals surface area (Å²) in [5.74, 6) is 1.90. The van der Waals surface area contributed by atoms with E-state index >= 15 is 0 Å². The van der Waals surface area contributed by atoms with E-state index in [1.807, 2.05) is 35.0 Å². The summed E-state index contributed by atoms with van der Waals surface area (Å²) >= 11 is 6.41. The van der Waals surface area contributed by atoms with E-state index in [9.17, 15) is 5.11 Å². The van der Waals surface area contributed by atoms with Crippen LogP contribution in [0.5, 0.6) is 0 Å². The van der Waals surface area contributed by atoms with Crippen LogP contribution < -0.4 is 15.5 Å². The molecule has 37 heavy (non-hydrogen) atoms. The maximum atomic E-state index is 10.1. The number of nitrogens with one attached hydrogen (secondary N) is 2. The molecule has 0 spiro atoms. The fraction of sp³-hybridized carbons (Fsp3) is 0.346. The van der Waals surface area contributed by atoms with Crippen LogP contribution in [0, 0.1) is 11.3 Å². The van der Waals surface area contributed by atoms with E-state index in [1.54, 1.807) is 32.3 Å². The summed E-state index contributed by atoms with van der Waals surface area (Å²) in [5.41, 5.74) is 2.16. The predicted molar refractivity (Wildman–Crippen MR) is 143 cm³/mol. The van der Waals surface area contributed by atoms with Gasteiger partial charge in [-0.1, -0.05) is 11.6 Å². The number of anilines is 4. The molecule has 0 bridgehead atoms. The van der Waals surface area contributed by atoms with Crippen LogP contribution in [-0.4, -0.2) is 54.2 Å². The van der Waals surface area contributed by atoms with Gasteiger partial charge in [-0.05, 0) is 51.0 Å². The minimum absolute atomic E-state index is 0.214. The van der Waals surface area contributed by atoms with Crippen LogP contribution in [0.1, 0.15) is 37.9 Å². The monoisotopic (exact) mass is 517 g/mol.